The van der Waals surface area contributed by atoms with Gasteiger partial charge in [-0.05, 0) is 74.1 Å². The molecule has 34 heavy (non-hydrogen) atoms. The molecule has 0 unspecified atom stereocenters. The van der Waals surface area contributed by atoms with Gasteiger partial charge in [0.2, 0.25) is 0 Å². The molecule has 3 aromatic carbocycles. The molecular formula is C27H30N2O4S. The van der Waals surface area contributed by atoms with E-state index in [0.717, 1.165) is 37.9 Å². The summed E-state index contributed by atoms with van der Waals surface area (Å²) in [5, 5.41) is 0. The first kappa shape index (κ1) is 23.8. The first-order chi connectivity index (χ1) is 16.4. The first-order valence-corrected chi connectivity index (χ1v) is 13.0. The molecule has 1 fully saturated rings. The maximum Gasteiger partial charge on any atom is 0.261 e. The lowest BCUT2D eigenvalue weighted by atomic mass is 9.90. The summed E-state index contributed by atoms with van der Waals surface area (Å²) in [6.45, 7) is 3.36. The molecule has 0 radical (unpaired) electrons. The Morgan fingerprint density at radius 3 is 2.24 bits per heavy atom. The predicted molar refractivity (Wildman–Crippen MR) is 133 cm³/mol. The molecule has 0 spiro atoms. The molecule has 0 aliphatic carbocycles. The second-order valence-corrected chi connectivity index (χ2v) is 10.4. The summed E-state index contributed by atoms with van der Waals surface area (Å²) in [6, 6.07) is 23.7. The number of rotatable bonds is 8. The smallest absolute Gasteiger partial charge is 0.261 e. The normalized spacial score (nSPS) is 14.6. The van der Waals surface area contributed by atoms with Gasteiger partial charge in [0.05, 0.1) is 4.90 Å². The molecule has 0 saturated carbocycles. The molecule has 4 rings (SSSR count). The van der Waals surface area contributed by atoms with Crippen LogP contribution in [0, 0.1) is 12.8 Å². The molecule has 1 amide bonds. The first-order valence-electron chi connectivity index (χ1n) is 11.5. The zero-order valence-corrected chi connectivity index (χ0v) is 20.1. The van der Waals surface area contributed by atoms with Crippen molar-refractivity contribution in [3.8, 4) is 5.75 Å². The van der Waals surface area contributed by atoms with E-state index in [4.69, 9.17) is 4.74 Å². The summed E-state index contributed by atoms with van der Waals surface area (Å²) in [4.78, 5) is 14.6. The number of carbonyl (C=O) groups excluding carboxylic acids is 1. The third-order valence-corrected chi connectivity index (χ3v) is 7.53. The minimum absolute atomic E-state index is 0.0455. The monoisotopic (exact) mass is 478 g/mol. The number of hydrogen-bond donors (Lipinski definition) is 1. The fourth-order valence-electron chi connectivity index (χ4n) is 4.12. The van der Waals surface area contributed by atoms with Gasteiger partial charge in [-0.3, -0.25) is 9.52 Å². The van der Waals surface area contributed by atoms with Gasteiger partial charge in [0.25, 0.3) is 15.9 Å². The molecule has 1 N–H and O–H groups in total. The molecule has 3 aromatic rings. The van der Waals surface area contributed by atoms with Crippen LogP contribution in [0.1, 0.15) is 24.0 Å². The number of amides is 1. The van der Waals surface area contributed by atoms with Gasteiger partial charge in [0, 0.05) is 18.8 Å². The van der Waals surface area contributed by atoms with Crippen LogP contribution in [0.2, 0.25) is 0 Å². The number of hydrogen-bond acceptors (Lipinski definition) is 4. The van der Waals surface area contributed by atoms with E-state index in [2.05, 4.69) is 29.0 Å². The number of carbonyl (C=O) groups is 1. The Labute approximate surface area is 201 Å². The maximum absolute atomic E-state index is 12.6. The zero-order valence-electron chi connectivity index (χ0n) is 19.3. The standard InChI is InChI=1S/C27H30N2O4S/c1-21-7-9-24(10-8-21)28-34(31,32)26-13-11-25(12-14-26)33-20-27(30)29-17-15-23(16-18-29)19-22-5-3-2-4-6-22/h2-14,23,28H,15-20H2,1H3. The molecule has 6 nitrogen and oxygen atoms in total. The van der Waals surface area contributed by atoms with Gasteiger partial charge in [-0.1, -0.05) is 48.0 Å². The van der Waals surface area contributed by atoms with Crippen molar-refractivity contribution in [3.05, 3.63) is 90.0 Å². The molecule has 1 saturated heterocycles. The number of anilines is 1. The van der Waals surface area contributed by atoms with E-state index in [1.807, 2.05) is 30.0 Å². The lowest BCUT2D eigenvalue weighted by molar-refractivity contribution is -0.134. The van der Waals surface area contributed by atoms with E-state index >= 15 is 0 Å². The maximum atomic E-state index is 12.6. The molecule has 7 heteroatoms. The quantitative estimate of drug-likeness (QED) is 0.511. The SMILES string of the molecule is Cc1ccc(NS(=O)(=O)c2ccc(OCC(=O)N3CCC(Cc4ccccc4)CC3)cc2)cc1. The van der Waals surface area contributed by atoms with E-state index in [0.29, 0.717) is 17.4 Å². The van der Waals surface area contributed by atoms with E-state index in [1.54, 1.807) is 24.3 Å². The number of likely N-dealkylation sites (tertiary alicyclic amines) is 1. The molecular weight excluding hydrogens is 448 g/mol. The minimum atomic E-state index is -3.70. The van der Waals surface area contributed by atoms with Crippen molar-refractivity contribution in [3.63, 3.8) is 0 Å². The molecule has 1 heterocycles. The second kappa shape index (κ2) is 10.7. The van der Waals surface area contributed by atoms with Crippen molar-refractivity contribution in [2.45, 2.75) is 31.1 Å². The van der Waals surface area contributed by atoms with Crippen molar-refractivity contribution < 1.29 is 17.9 Å². The number of piperidine rings is 1. The van der Waals surface area contributed by atoms with Crippen LogP contribution in [0.3, 0.4) is 0 Å². The highest BCUT2D eigenvalue weighted by Gasteiger charge is 2.23. The Kier molecular flexibility index (Phi) is 7.53. The van der Waals surface area contributed by atoms with Crippen LogP contribution < -0.4 is 9.46 Å². The molecule has 1 aliphatic heterocycles. The molecule has 0 aromatic heterocycles. The Morgan fingerprint density at radius 2 is 1.59 bits per heavy atom. The Bertz CT molecular complexity index is 1190. The van der Waals surface area contributed by atoms with Gasteiger partial charge in [0.15, 0.2) is 6.61 Å². The summed E-state index contributed by atoms with van der Waals surface area (Å²) < 4.78 is 33.4. The summed E-state index contributed by atoms with van der Waals surface area (Å²) >= 11 is 0. The number of sulfonamides is 1. The van der Waals surface area contributed by atoms with Gasteiger partial charge in [0.1, 0.15) is 5.75 Å². The lowest BCUT2D eigenvalue weighted by Crippen LogP contribution is -2.41. The fraction of sp³-hybridized carbons (Fsp3) is 0.296. The van der Waals surface area contributed by atoms with E-state index < -0.39 is 10.0 Å². The third-order valence-electron chi connectivity index (χ3n) is 6.13. The van der Waals surface area contributed by atoms with Gasteiger partial charge >= 0.3 is 0 Å². The largest absolute Gasteiger partial charge is 0.484 e. The van der Waals surface area contributed by atoms with Gasteiger partial charge < -0.3 is 9.64 Å². The molecule has 0 bridgehead atoms. The van der Waals surface area contributed by atoms with E-state index in [-0.39, 0.29) is 17.4 Å². The van der Waals surface area contributed by atoms with Crippen LogP contribution in [0.15, 0.2) is 83.8 Å². The number of benzene rings is 3. The van der Waals surface area contributed by atoms with Crippen LogP contribution in [-0.4, -0.2) is 38.9 Å². The van der Waals surface area contributed by atoms with Crippen LogP contribution in [-0.2, 0) is 21.2 Å². The molecule has 1 aliphatic rings. The van der Waals surface area contributed by atoms with Crippen LogP contribution >= 0.6 is 0 Å². The van der Waals surface area contributed by atoms with Crippen molar-refractivity contribution in [1.29, 1.82) is 0 Å². The highest BCUT2D eigenvalue weighted by atomic mass is 32.2. The second-order valence-electron chi connectivity index (χ2n) is 8.75. The average molecular weight is 479 g/mol. The molecule has 0 atom stereocenters. The third kappa shape index (κ3) is 6.38. The summed E-state index contributed by atoms with van der Waals surface area (Å²) in [6.07, 6.45) is 3.02. The highest BCUT2D eigenvalue weighted by molar-refractivity contribution is 7.92. The molecule has 178 valence electrons. The fourth-order valence-corrected chi connectivity index (χ4v) is 5.18. The van der Waals surface area contributed by atoms with Gasteiger partial charge in [-0.2, -0.15) is 0 Å². The topological polar surface area (TPSA) is 75.7 Å². The Hall–Kier alpha value is -3.32. The van der Waals surface area contributed by atoms with Crippen LogP contribution in [0.4, 0.5) is 5.69 Å². The number of aryl methyl sites for hydroxylation is 1. The summed E-state index contributed by atoms with van der Waals surface area (Å²) in [5.74, 6) is 1.01. The van der Waals surface area contributed by atoms with Crippen LogP contribution in [0.25, 0.3) is 0 Å². The van der Waals surface area contributed by atoms with Crippen molar-refractivity contribution in [2.24, 2.45) is 5.92 Å². The van der Waals surface area contributed by atoms with Gasteiger partial charge in [-0.15, -0.1) is 0 Å². The predicted octanol–water partition coefficient (Wildman–Crippen LogP) is 4.66. The van der Waals surface area contributed by atoms with Gasteiger partial charge in [-0.25, -0.2) is 8.42 Å². The van der Waals surface area contributed by atoms with E-state index in [9.17, 15) is 13.2 Å². The number of ether oxygens (including phenoxy) is 1. The van der Waals surface area contributed by atoms with E-state index in [1.165, 1.54) is 17.7 Å². The summed E-state index contributed by atoms with van der Waals surface area (Å²) in [7, 11) is -3.70. The Morgan fingerprint density at radius 1 is 0.941 bits per heavy atom. The Balaban J connectivity index is 1.24. The summed E-state index contributed by atoms with van der Waals surface area (Å²) in [5.41, 5.74) is 2.90. The van der Waals surface area contributed by atoms with Crippen molar-refractivity contribution in [2.75, 3.05) is 24.4 Å². The van der Waals surface area contributed by atoms with Crippen molar-refractivity contribution >= 4 is 21.6 Å². The lowest BCUT2D eigenvalue weighted by Gasteiger charge is -2.32. The highest BCUT2D eigenvalue weighted by Crippen LogP contribution is 2.23. The van der Waals surface area contributed by atoms with Crippen LogP contribution in [0.5, 0.6) is 5.75 Å². The average Bonchev–Trinajstić information content (AvgIpc) is 2.85. The zero-order chi connectivity index (χ0) is 24.0. The minimum Gasteiger partial charge on any atom is -0.484 e. The number of nitrogens with one attached hydrogen (secondary N) is 1. The number of nitrogens with zero attached hydrogens (tertiary/aromatic N) is 1. The van der Waals surface area contributed by atoms with Crippen molar-refractivity contribution in [1.82, 2.24) is 4.90 Å².